The highest BCUT2D eigenvalue weighted by molar-refractivity contribution is 5.96. The lowest BCUT2D eigenvalue weighted by Gasteiger charge is -2.32. The van der Waals surface area contributed by atoms with Crippen molar-refractivity contribution in [1.82, 2.24) is 5.32 Å². The van der Waals surface area contributed by atoms with E-state index in [1.165, 1.54) is 0 Å². The second kappa shape index (κ2) is 6.54. The number of carboxylic acids is 1. The van der Waals surface area contributed by atoms with Crippen molar-refractivity contribution in [3.63, 3.8) is 0 Å². The second-order valence-corrected chi connectivity index (χ2v) is 8.51. The number of halogens is 3. The molecule has 0 bridgehead atoms. The number of piperidine rings is 1. The van der Waals surface area contributed by atoms with Crippen molar-refractivity contribution in [1.29, 1.82) is 0 Å². The molecule has 1 aromatic rings. The van der Waals surface area contributed by atoms with Crippen molar-refractivity contribution in [2.24, 2.45) is 11.8 Å². The van der Waals surface area contributed by atoms with Crippen LogP contribution in [0.15, 0.2) is 6.07 Å². The number of nitrogens with two attached hydrogens (primary N) is 1. The summed E-state index contributed by atoms with van der Waals surface area (Å²) < 4.78 is 39.0. The largest absolute Gasteiger partial charge is 0.478 e. The molecule has 2 saturated carbocycles. The van der Waals surface area contributed by atoms with Crippen LogP contribution < -0.4 is 16.4 Å². The lowest BCUT2D eigenvalue weighted by Crippen LogP contribution is -2.28. The lowest BCUT2D eigenvalue weighted by molar-refractivity contribution is -0.182. The van der Waals surface area contributed by atoms with E-state index in [2.05, 4.69) is 10.6 Å². The molecule has 1 heterocycles. The predicted octanol–water partition coefficient (Wildman–Crippen LogP) is 3.71. The molecule has 28 heavy (non-hydrogen) atoms. The minimum Gasteiger partial charge on any atom is -0.478 e. The van der Waals surface area contributed by atoms with E-state index < -0.39 is 18.1 Å². The van der Waals surface area contributed by atoms with Crippen molar-refractivity contribution >= 4 is 17.3 Å². The fraction of sp³-hybridized carbons (Fsp3) is 0.650. The number of fused-ring (bicyclic) bond motifs is 1. The number of nitrogens with one attached hydrogen (secondary N) is 2. The Morgan fingerprint density at radius 3 is 2.46 bits per heavy atom. The van der Waals surface area contributed by atoms with Gasteiger partial charge in [-0.3, -0.25) is 0 Å². The van der Waals surface area contributed by atoms with E-state index in [-0.39, 0.29) is 29.7 Å². The Morgan fingerprint density at radius 2 is 2.00 bits per heavy atom. The molecule has 0 aromatic heterocycles. The van der Waals surface area contributed by atoms with Gasteiger partial charge in [-0.15, -0.1) is 0 Å². The lowest BCUT2D eigenvalue weighted by atomic mass is 9.76. The van der Waals surface area contributed by atoms with Gasteiger partial charge in [-0.05, 0) is 67.7 Å². The topological polar surface area (TPSA) is 87.4 Å². The van der Waals surface area contributed by atoms with Gasteiger partial charge in [-0.2, -0.15) is 13.2 Å². The SMILES string of the molecule is CNc1c(C2CCC(C(F)(F)F)CC2)cc(C(=O)O)c(C23CNCC2C3)c1N. The Morgan fingerprint density at radius 1 is 1.32 bits per heavy atom. The number of carbonyl (C=O) groups is 1. The van der Waals surface area contributed by atoms with Crippen LogP contribution in [-0.4, -0.2) is 37.4 Å². The van der Waals surface area contributed by atoms with E-state index in [4.69, 9.17) is 5.73 Å². The first kappa shape index (κ1) is 19.4. The average Bonchev–Trinajstić information content (AvgIpc) is 3.20. The molecule has 2 aliphatic carbocycles. The molecule has 0 amide bonds. The van der Waals surface area contributed by atoms with E-state index in [0.717, 1.165) is 18.5 Å². The summed E-state index contributed by atoms with van der Waals surface area (Å²) in [6.45, 7) is 1.57. The van der Waals surface area contributed by atoms with Gasteiger partial charge < -0.3 is 21.5 Å². The molecule has 1 aliphatic heterocycles. The summed E-state index contributed by atoms with van der Waals surface area (Å²) in [5, 5.41) is 16.3. The molecular formula is C20H26F3N3O2. The molecule has 2 unspecified atom stereocenters. The Kier molecular flexibility index (Phi) is 4.52. The van der Waals surface area contributed by atoms with Gasteiger partial charge in [0, 0.05) is 19.0 Å². The molecule has 1 saturated heterocycles. The van der Waals surface area contributed by atoms with Crippen molar-refractivity contribution in [2.75, 3.05) is 31.2 Å². The fourth-order valence-corrected chi connectivity index (χ4v) is 5.49. The first-order chi connectivity index (χ1) is 13.2. The summed E-state index contributed by atoms with van der Waals surface area (Å²) >= 11 is 0. The highest BCUT2D eigenvalue weighted by Gasteiger charge is 2.60. The van der Waals surface area contributed by atoms with Crippen LogP contribution in [0.3, 0.4) is 0 Å². The molecule has 0 radical (unpaired) electrons. The minimum absolute atomic E-state index is 0.0668. The number of benzene rings is 1. The quantitative estimate of drug-likeness (QED) is 0.582. The molecule has 5 nitrogen and oxygen atoms in total. The normalized spacial score (nSPS) is 32.1. The van der Waals surface area contributed by atoms with E-state index in [9.17, 15) is 23.1 Å². The number of nitrogen functional groups attached to an aromatic ring is 1. The summed E-state index contributed by atoms with van der Waals surface area (Å²) in [4.78, 5) is 12.1. The number of hydrogen-bond donors (Lipinski definition) is 4. The van der Waals surface area contributed by atoms with Crippen LogP contribution in [0.25, 0.3) is 0 Å². The molecule has 154 valence electrons. The first-order valence-corrected chi connectivity index (χ1v) is 9.84. The fourth-order valence-electron chi connectivity index (χ4n) is 5.49. The van der Waals surface area contributed by atoms with Gasteiger partial charge in [0.2, 0.25) is 0 Å². The zero-order valence-electron chi connectivity index (χ0n) is 15.8. The zero-order chi connectivity index (χ0) is 20.3. The van der Waals surface area contributed by atoms with Gasteiger partial charge in [-0.25, -0.2) is 4.79 Å². The number of alkyl halides is 3. The third kappa shape index (κ3) is 2.93. The Balaban J connectivity index is 1.72. The monoisotopic (exact) mass is 397 g/mol. The third-order valence-corrected chi connectivity index (χ3v) is 7.07. The molecule has 3 fully saturated rings. The van der Waals surface area contributed by atoms with Crippen LogP contribution in [-0.2, 0) is 5.41 Å². The molecule has 1 aromatic carbocycles. The van der Waals surface area contributed by atoms with Gasteiger partial charge in [-0.1, -0.05) is 0 Å². The molecule has 4 rings (SSSR count). The smallest absolute Gasteiger partial charge is 0.391 e. The predicted molar refractivity (Wildman–Crippen MR) is 101 cm³/mol. The van der Waals surface area contributed by atoms with Crippen LogP contribution >= 0.6 is 0 Å². The van der Waals surface area contributed by atoms with Gasteiger partial charge in [0.25, 0.3) is 0 Å². The highest BCUT2D eigenvalue weighted by Crippen LogP contribution is 2.60. The summed E-state index contributed by atoms with van der Waals surface area (Å²) in [5.41, 5.74) is 9.03. The van der Waals surface area contributed by atoms with Gasteiger partial charge in [0.1, 0.15) is 0 Å². The molecule has 0 spiro atoms. The minimum atomic E-state index is -4.17. The van der Waals surface area contributed by atoms with Crippen LogP contribution in [0.1, 0.15) is 59.5 Å². The van der Waals surface area contributed by atoms with Crippen molar-refractivity contribution < 1.29 is 23.1 Å². The molecule has 3 aliphatic rings. The maximum absolute atomic E-state index is 13.0. The van der Waals surface area contributed by atoms with E-state index in [1.807, 2.05) is 0 Å². The van der Waals surface area contributed by atoms with Crippen LogP contribution in [0.5, 0.6) is 0 Å². The molecule has 8 heteroatoms. The van der Waals surface area contributed by atoms with E-state index in [0.29, 0.717) is 42.2 Å². The molecular weight excluding hydrogens is 371 g/mol. The molecule has 2 atom stereocenters. The summed E-state index contributed by atoms with van der Waals surface area (Å²) in [6, 6.07) is 1.67. The van der Waals surface area contributed by atoms with Crippen molar-refractivity contribution in [3.8, 4) is 0 Å². The standard InChI is InChI=1S/C20H26F3N3O2/c1-25-17-13(10-2-4-11(5-3-10)20(21,22)23)6-14(18(27)28)15(16(17)24)19-7-12(19)8-26-9-19/h6,10-12,25-26H,2-5,7-9,24H2,1H3,(H,27,28). The number of hydrogen-bond acceptors (Lipinski definition) is 4. The number of rotatable bonds is 4. The van der Waals surface area contributed by atoms with Crippen LogP contribution in [0, 0.1) is 11.8 Å². The summed E-state index contributed by atoms with van der Waals surface area (Å²) in [7, 11) is 1.73. The maximum Gasteiger partial charge on any atom is 0.391 e. The van der Waals surface area contributed by atoms with Crippen LogP contribution in [0.4, 0.5) is 24.5 Å². The average molecular weight is 397 g/mol. The highest BCUT2D eigenvalue weighted by atomic mass is 19.4. The van der Waals surface area contributed by atoms with E-state index >= 15 is 0 Å². The molecule has 5 N–H and O–H groups in total. The second-order valence-electron chi connectivity index (χ2n) is 8.51. The first-order valence-electron chi connectivity index (χ1n) is 9.84. The number of aromatic carboxylic acids is 1. The number of anilines is 2. The van der Waals surface area contributed by atoms with Crippen molar-refractivity contribution in [2.45, 2.75) is 49.6 Å². The Labute approximate surface area is 161 Å². The van der Waals surface area contributed by atoms with Crippen LogP contribution in [0.2, 0.25) is 0 Å². The third-order valence-electron chi connectivity index (χ3n) is 7.07. The summed E-state index contributed by atoms with van der Waals surface area (Å²) in [5.74, 6) is -2.02. The zero-order valence-corrected chi connectivity index (χ0v) is 15.8. The Bertz CT molecular complexity index is 803. The number of carboxylic acid groups (broad SMARTS) is 1. The van der Waals surface area contributed by atoms with Gasteiger partial charge in [0.05, 0.1) is 22.9 Å². The Hall–Kier alpha value is -1.96. The van der Waals surface area contributed by atoms with E-state index in [1.54, 1.807) is 13.1 Å². The summed E-state index contributed by atoms with van der Waals surface area (Å²) in [6.07, 6.45) is -2.35. The van der Waals surface area contributed by atoms with Crippen molar-refractivity contribution in [3.05, 3.63) is 22.8 Å². The van der Waals surface area contributed by atoms with Gasteiger partial charge >= 0.3 is 12.1 Å². The van der Waals surface area contributed by atoms with Gasteiger partial charge in [0.15, 0.2) is 0 Å². The maximum atomic E-state index is 13.0.